The molecule has 0 amide bonds. The van der Waals surface area contributed by atoms with E-state index in [2.05, 4.69) is 20.4 Å². The zero-order valence-electron chi connectivity index (χ0n) is 13.5. The van der Waals surface area contributed by atoms with Gasteiger partial charge in [0.15, 0.2) is 10.8 Å². The smallest absolute Gasteiger partial charge is 0.240 e. The molecule has 3 heterocycles. The van der Waals surface area contributed by atoms with Crippen LogP contribution in [0.5, 0.6) is 0 Å². The van der Waals surface area contributed by atoms with Crippen molar-refractivity contribution in [3.8, 4) is 0 Å². The molecule has 0 unspecified atom stereocenters. The number of nitrogens with zero attached hydrogens (tertiary/aromatic N) is 4. The number of benzene rings is 1. The van der Waals surface area contributed by atoms with Gasteiger partial charge in [0.05, 0.1) is 12.2 Å². The van der Waals surface area contributed by atoms with Crippen LogP contribution in [0.25, 0.3) is 4.96 Å². The first-order chi connectivity index (χ1) is 12.2. The second-order valence-electron chi connectivity index (χ2n) is 5.73. The molecule has 0 fully saturated rings. The van der Waals surface area contributed by atoms with Gasteiger partial charge in [0, 0.05) is 30.2 Å². The lowest BCUT2D eigenvalue weighted by Crippen LogP contribution is -2.18. The van der Waals surface area contributed by atoms with Gasteiger partial charge in [-0.1, -0.05) is 23.4 Å². The van der Waals surface area contributed by atoms with Crippen molar-refractivity contribution in [2.45, 2.75) is 25.9 Å². The predicted molar refractivity (Wildman–Crippen MR) is 91.8 cm³/mol. The summed E-state index contributed by atoms with van der Waals surface area (Å²) < 4.78 is 20.9. The van der Waals surface area contributed by atoms with Gasteiger partial charge in [0.1, 0.15) is 5.82 Å². The highest BCUT2D eigenvalue weighted by atomic mass is 32.1. The van der Waals surface area contributed by atoms with Gasteiger partial charge in [0.25, 0.3) is 0 Å². The van der Waals surface area contributed by atoms with Crippen LogP contribution in [0.1, 0.15) is 35.9 Å². The summed E-state index contributed by atoms with van der Waals surface area (Å²) in [7, 11) is 0. The van der Waals surface area contributed by atoms with Gasteiger partial charge < -0.3 is 9.84 Å². The number of hydrogen-bond acceptors (Lipinski definition) is 6. The van der Waals surface area contributed by atoms with E-state index in [1.165, 1.54) is 6.07 Å². The van der Waals surface area contributed by atoms with Crippen LogP contribution >= 0.6 is 11.3 Å². The number of nitrogens with one attached hydrogen (secondary N) is 1. The molecule has 0 saturated carbocycles. The van der Waals surface area contributed by atoms with Crippen molar-refractivity contribution in [3.05, 3.63) is 70.8 Å². The maximum atomic E-state index is 13.7. The molecule has 0 bridgehead atoms. The Morgan fingerprint density at radius 3 is 3.04 bits per heavy atom. The Balaban J connectivity index is 1.38. The lowest BCUT2D eigenvalue weighted by atomic mass is 10.1. The highest BCUT2D eigenvalue weighted by Gasteiger charge is 2.13. The lowest BCUT2D eigenvalue weighted by Gasteiger charge is -2.08. The minimum Gasteiger partial charge on any atom is -0.338 e. The number of hydrogen-bond donors (Lipinski definition) is 1. The second-order valence-corrected chi connectivity index (χ2v) is 6.61. The summed E-state index contributed by atoms with van der Waals surface area (Å²) in [6.45, 7) is 2.46. The normalized spacial score (nSPS) is 12.7. The molecule has 4 aromatic rings. The van der Waals surface area contributed by atoms with E-state index >= 15 is 0 Å². The number of fused-ring (bicyclic) bond motifs is 1. The van der Waals surface area contributed by atoms with Crippen LogP contribution in [-0.4, -0.2) is 19.5 Å². The average Bonchev–Trinajstić information content (AvgIpc) is 3.30. The monoisotopic (exact) mass is 357 g/mol. The zero-order chi connectivity index (χ0) is 17.2. The summed E-state index contributed by atoms with van der Waals surface area (Å²) in [5.41, 5.74) is 1.51. The van der Waals surface area contributed by atoms with Gasteiger partial charge in [0.2, 0.25) is 5.89 Å². The molecule has 1 N–H and O–H groups in total. The summed E-state index contributed by atoms with van der Waals surface area (Å²) in [5.74, 6) is 0.677. The van der Waals surface area contributed by atoms with E-state index < -0.39 is 0 Å². The van der Waals surface area contributed by atoms with Crippen LogP contribution in [0.2, 0.25) is 0 Å². The fourth-order valence-electron chi connectivity index (χ4n) is 2.55. The van der Waals surface area contributed by atoms with Crippen LogP contribution in [0.15, 0.2) is 46.6 Å². The Hall–Kier alpha value is -2.58. The van der Waals surface area contributed by atoms with Crippen LogP contribution in [0.4, 0.5) is 4.39 Å². The van der Waals surface area contributed by atoms with Crippen molar-refractivity contribution in [2.75, 3.05) is 0 Å². The molecule has 0 aliphatic carbocycles. The SMILES string of the molecule is C[C@@H](NCc1nc(Cc2ccccc2F)no1)c1cn2ccsc2n1. The van der Waals surface area contributed by atoms with Gasteiger partial charge >= 0.3 is 0 Å². The minimum atomic E-state index is -0.264. The molecule has 1 aromatic carbocycles. The highest BCUT2D eigenvalue weighted by Crippen LogP contribution is 2.17. The summed E-state index contributed by atoms with van der Waals surface area (Å²) in [4.78, 5) is 9.85. The van der Waals surface area contributed by atoms with Gasteiger partial charge in [-0.05, 0) is 18.6 Å². The van der Waals surface area contributed by atoms with Crippen molar-refractivity contribution < 1.29 is 8.91 Å². The molecule has 128 valence electrons. The fourth-order valence-corrected chi connectivity index (χ4v) is 3.25. The zero-order valence-corrected chi connectivity index (χ0v) is 14.3. The summed E-state index contributed by atoms with van der Waals surface area (Å²) in [6, 6.07) is 6.64. The lowest BCUT2D eigenvalue weighted by molar-refractivity contribution is 0.356. The molecule has 4 rings (SSSR count). The summed E-state index contributed by atoms with van der Waals surface area (Å²) in [5, 5.41) is 9.23. The third-order valence-electron chi connectivity index (χ3n) is 3.93. The van der Waals surface area contributed by atoms with Crippen molar-refractivity contribution in [2.24, 2.45) is 0 Å². The quantitative estimate of drug-likeness (QED) is 0.573. The van der Waals surface area contributed by atoms with Gasteiger partial charge in [-0.25, -0.2) is 9.37 Å². The van der Waals surface area contributed by atoms with Crippen molar-refractivity contribution >= 4 is 16.3 Å². The molecule has 0 spiro atoms. The number of aromatic nitrogens is 4. The van der Waals surface area contributed by atoms with Gasteiger partial charge in [-0.2, -0.15) is 4.98 Å². The summed E-state index contributed by atoms with van der Waals surface area (Å²) >= 11 is 1.60. The maximum Gasteiger partial charge on any atom is 0.240 e. The molecule has 1 atom stereocenters. The van der Waals surface area contributed by atoms with Crippen LogP contribution in [0, 0.1) is 5.82 Å². The number of halogens is 1. The van der Waals surface area contributed by atoms with E-state index in [-0.39, 0.29) is 11.9 Å². The Kier molecular flexibility index (Phi) is 4.29. The third-order valence-corrected chi connectivity index (χ3v) is 4.70. The Labute approximate surface area is 147 Å². The molecule has 8 heteroatoms. The largest absolute Gasteiger partial charge is 0.338 e. The molecule has 3 aromatic heterocycles. The van der Waals surface area contributed by atoms with E-state index in [9.17, 15) is 4.39 Å². The molecule has 0 saturated heterocycles. The van der Waals surface area contributed by atoms with E-state index in [0.717, 1.165) is 10.7 Å². The van der Waals surface area contributed by atoms with Crippen LogP contribution in [-0.2, 0) is 13.0 Å². The first-order valence-electron chi connectivity index (χ1n) is 7.89. The first-order valence-corrected chi connectivity index (χ1v) is 8.77. The number of rotatable bonds is 6. The topological polar surface area (TPSA) is 68.2 Å². The third kappa shape index (κ3) is 3.45. The van der Waals surface area contributed by atoms with Gasteiger partial charge in [-0.3, -0.25) is 4.40 Å². The van der Waals surface area contributed by atoms with Crippen molar-refractivity contribution in [1.82, 2.24) is 24.8 Å². The maximum absolute atomic E-state index is 13.7. The van der Waals surface area contributed by atoms with Crippen molar-refractivity contribution in [1.29, 1.82) is 0 Å². The highest BCUT2D eigenvalue weighted by molar-refractivity contribution is 7.15. The Morgan fingerprint density at radius 1 is 1.32 bits per heavy atom. The molecular weight excluding hydrogens is 341 g/mol. The fraction of sp³-hybridized carbons (Fsp3) is 0.235. The van der Waals surface area contributed by atoms with Crippen molar-refractivity contribution in [3.63, 3.8) is 0 Å². The molecule has 0 aliphatic heterocycles. The summed E-state index contributed by atoms with van der Waals surface area (Å²) in [6.07, 6.45) is 4.29. The molecule has 25 heavy (non-hydrogen) atoms. The first kappa shape index (κ1) is 15.9. The molecule has 6 nitrogen and oxygen atoms in total. The van der Waals surface area contributed by atoms with E-state index in [4.69, 9.17) is 4.52 Å². The molecule has 0 aliphatic rings. The van der Waals surface area contributed by atoms with E-state index in [1.54, 1.807) is 29.5 Å². The number of imidazole rings is 1. The second kappa shape index (κ2) is 6.73. The average molecular weight is 357 g/mol. The molecule has 0 radical (unpaired) electrons. The minimum absolute atomic E-state index is 0.0500. The van der Waals surface area contributed by atoms with E-state index in [0.29, 0.717) is 30.2 Å². The van der Waals surface area contributed by atoms with Gasteiger partial charge in [-0.15, -0.1) is 11.3 Å². The predicted octanol–water partition coefficient (Wildman–Crippen LogP) is 3.36. The Morgan fingerprint density at radius 2 is 2.20 bits per heavy atom. The molecular formula is C17H16FN5OS. The standard InChI is InChI=1S/C17H16FN5OS/c1-11(14-10-23-6-7-25-17(23)20-14)19-9-16-21-15(22-24-16)8-12-4-2-3-5-13(12)18/h2-7,10-11,19H,8-9H2,1H3/t11-/m1/s1. The van der Waals surface area contributed by atoms with Crippen LogP contribution < -0.4 is 5.32 Å². The van der Waals surface area contributed by atoms with Crippen LogP contribution in [0.3, 0.4) is 0 Å². The Bertz CT molecular complexity index is 963. The number of thiazole rings is 1. The van der Waals surface area contributed by atoms with E-state index in [1.807, 2.05) is 29.1 Å².